The van der Waals surface area contributed by atoms with Crippen LogP contribution in [0, 0.1) is 0 Å². The van der Waals surface area contributed by atoms with Crippen molar-refractivity contribution < 1.29 is 9.47 Å². The van der Waals surface area contributed by atoms with Crippen LogP contribution in [0.5, 0.6) is 5.75 Å². The number of hydrogen-bond donors (Lipinski definition) is 0. The van der Waals surface area contributed by atoms with Gasteiger partial charge in [-0.2, -0.15) is 0 Å². The lowest BCUT2D eigenvalue weighted by atomic mass is 10.1. The van der Waals surface area contributed by atoms with Gasteiger partial charge in [-0.3, -0.25) is 0 Å². The average Bonchev–Trinajstić information content (AvgIpc) is 2.83. The van der Waals surface area contributed by atoms with Crippen LogP contribution in [0.25, 0.3) is 11.3 Å². The first-order chi connectivity index (χ1) is 8.38. The van der Waals surface area contributed by atoms with E-state index in [1.165, 1.54) is 0 Å². The highest BCUT2D eigenvalue weighted by molar-refractivity contribution is 5.60. The zero-order chi connectivity index (χ0) is 11.7. The second-order valence-corrected chi connectivity index (χ2v) is 3.99. The number of imidazole rings is 1. The van der Waals surface area contributed by atoms with Gasteiger partial charge < -0.3 is 14.0 Å². The number of ether oxygens (including phenoxy) is 2. The SMILES string of the molecule is COc1ccc(-c2cnc3n2CCOC3)cc1. The minimum atomic E-state index is 0.607. The lowest BCUT2D eigenvalue weighted by molar-refractivity contribution is 0.0821. The van der Waals surface area contributed by atoms with E-state index in [0.717, 1.165) is 36.0 Å². The Kier molecular flexibility index (Phi) is 2.57. The second kappa shape index (κ2) is 4.22. The number of aromatic nitrogens is 2. The zero-order valence-electron chi connectivity index (χ0n) is 9.72. The molecule has 0 radical (unpaired) electrons. The molecule has 2 heterocycles. The van der Waals surface area contributed by atoms with Crippen molar-refractivity contribution in [2.75, 3.05) is 13.7 Å². The van der Waals surface area contributed by atoms with E-state index >= 15 is 0 Å². The summed E-state index contributed by atoms with van der Waals surface area (Å²) >= 11 is 0. The standard InChI is InChI=1S/C13H14N2O2/c1-16-11-4-2-10(3-5-11)12-8-14-13-9-17-7-6-15(12)13/h2-5,8H,6-7,9H2,1H3. The van der Waals surface area contributed by atoms with Crippen molar-refractivity contribution in [3.63, 3.8) is 0 Å². The van der Waals surface area contributed by atoms with Crippen molar-refractivity contribution in [1.29, 1.82) is 0 Å². The Bertz CT molecular complexity index is 517. The predicted molar refractivity (Wildman–Crippen MR) is 63.9 cm³/mol. The van der Waals surface area contributed by atoms with E-state index in [1.54, 1.807) is 7.11 Å². The van der Waals surface area contributed by atoms with Crippen LogP contribution in [0.15, 0.2) is 30.5 Å². The van der Waals surface area contributed by atoms with Crippen LogP contribution in [0.2, 0.25) is 0 Å². The Hall–Kier alpha value is -1.81. The first kappa shape index (κ1) is 10.4. The lowest BCUT2D eigenvalue weighted by Gasteiger charge is -2.17. The van der Waals surface area contributed by atoms with E-state index < -0.39 is 0 Å². The third-order valence-corrected chi connectivity index (χ3v) is 3.01. The molecule has 1 aromatic heterocycles. The van der Waals surface area contributed by atoms with Gasteiger partial charge in [0.05, 0.1) is 25.6 Å². The summed E-state index contributed by atoms with van der Waals surface area (Å²) < 4.78 is 12.7. The summed E-state index contributed by atoms with van der Waals surface area (Å²) in [6.45, 7) is 2.24. The van der Waals surface area contributed by atoms with Crippen molar-refractivity contribution in [3.8, 4) is 17.0 Å². The lowest BCUT2D eigenvalue weighted by Crippen LogP contribution is -2.17. The molecule has 4 nitrogen and oxygen atoms in total. The highest BCUT2D eigenvalue weighted by atomic mass is 16.5. The molecule has 0 bridgehead atoms. The van der Waals surface area contributed by atoms with Gasteiger partial charge in [-0.05, 0) is 24.3 Å². The van der Waals surface area contributed by atoms with Crippen LogP contribution in [0.3, 0.4) is 0 Å². The van der Waals surface area contributed by atoms with Crippen LogP contribution in [0.1, 0.15) is 5.82 Å². The molecule has 0 saturated heterocycles. The van der Waals surface area contributed by atoms with Gasteiger partial charge in [-0.1, -0.05) is 0 Å². The summed E-state index contributed by atoms with van der Waals surface area (Å²) in [6, 6.07) is 8.04. The molecular weight excluding hydrogens is 216 g/mol. The Balaban J connectivity index is 2.00. The van der Waals surface area contributed by atoms with Crippen LogP contribution in [0.4, 0.5) is 0 Å². The van der Waals surface area contributed by atoms with Crippen LogP contribution in [-0.4, -0.2) is 23.3 Å². The second-order valence-electron chi connectivity index (χ2n) is 3.99. The maximum absolute atomic E-state index is 5.38. The van der Waals surface area contributed by atoms with E-state index in [0.29, 0.717) is 6.61 Å². The van der Waals surface area contributed by atoms with Crippen LogP contribution in [-0.2, 0) is 17.9 Å². The number of fused-ring (bicyclic) bond motifs is 1. The molecule has 0 amide bonds. The number of nitrogens with zero attached hydrogens (tertiary/aromatic N) is 2. The summed E-state index contributed by atoms with van der Waals surface area (Å²) in [7, 11) is 1.67. The summed E-state index contributed by atoms with van der Waals surface area (Å²) in [5, 5.41) is 0. The Morgan fingerprint density at radius 3 is 2.88 bits per heavy atom. The molecule has 0 fully saturated rings. The normalized spacial score (nSPS) is 14.4. The number of benzene rings is 1. The first-order valence-electron chi connectivity index (χ1n) is 5.65. The molecule has 4 heteroatoms. The molecule has 17 heavy (non-hydrogen) atoms. The Morgan fingerprint density at radius 2 is 2.12 bits per heavy atom. The maximum Gasteiger partial charge on any atom is 0.135 e. The molecule has 0 N–H and O–H groups in total. The van der Waals surface area contributed by atoms with Gasteiger partial charge in [0.25, 0.3) is 0 Å². The van der Waals surface area contributed by atoms with E-state index in [1.807, 2.05) is 18.3 Å². The number of hydrogen-bond acceptors (Lipinski definition) is 3. The third kappa shape index (κ3) is 1.80. The van der Waals surface area contributed by atoms with Gasteiger partial charge in [-0.25, -0.2) is 4.98 Å². The van der Waals surface area contributed by atoms with Crippen molar-refractivity contribution in [3.05, 3.63) is 36.3 Å². The van der Waals surface area contributed by atoms with Gasteiger partial charge in [-0.15, -0.1) is 0 Å². The summed E-state index contributed by atoms with van der Waals surface area (Å²) in [5.41, 5.74) is 2.30. The summed E-state index contributed by atoms with van der Waals surface area (Å²) in [6.07, 6.45) is 1.91. The van der Waals surface area contributed by atoms with E-state index in [-0.39, 0.29) is 0 Å². The average molecular weight is 230 g/mol. The fraction of sp³-hybridized carbons (Fsp3) is 0.308. The predicted octanol–water partition coefficient (Wildman–Crippen LogP) is 2.09. The van der Waals surface area contributed by atoms with Gasteiger partial charge >= 0.3 is 0 Å². The molecule has 88 valence electrons. The maximum atomic E-state index is 5.38. The molecule has 3 rings (SSSR count). The quantitative estimate of drug-likeness (QED) is 0.792. The monoisotopic (exact) mass is 230 g/mol. The molecule has 0 atom stereocenters. The van der Waals surface area contributed by atoms with Crippen molar-refractivity contribution >= 4 is 0 Å². The Labute approximate surface area is 99.8 Å². The van der Waals surface area contributed by atoms with Crippen molar-refractivity contribution in [1.82, 2.24) is 9.55 Å². The van der Waals surface area contributed by atoms with Crippen LogP contribution < -0.4 is 4.74 Å². The largest absolute Gasteiger partial charge is 0.497 e. The molecule has 1 aromatic carbocycles. The summed E-state index contributed by atoms with van der Waals surface area (Å²) in [5.74, 6) is 1.87. The van der Waals surface area contributed by atoms with Gasteiger partial charge in [0.2, 0.25) is 0 Å². The zero-order valence-corrected chi connectivity index (χ0v) is 9.72. The van der Waals surface area contributed by atoms with Gasteiger partial charge in [0.1, 0.15) is 18.2 Å². The first-order valence-corrected chi connectivity index (χ1v) is 5.65. The number of methoxy groups -OCH3 is 1. The highest BCUT2D eigenvalue weighted by Crippen LogP contribution is 2.25. The van der Waals surface area contributed by atoms with E-state index in [4.69, 9.17) is 9.47 Å². The van der Waals surface area contributed by atoms with Crippen molar-refractivity contribution in [2.45, 2.75) is 13.2 Å². The minimum absolute atomic E-state index is 0.607. The fourth-order valence-electron chi connectivity index (χ4n) is 2.09. The fourth-order valence-corrected chi connectivity index (χ4v) is 2.09. The topological polar surface area (TPSA) is 36.3 Å². The third-order valence-electron chi connectivity index (χ3n) is 3.01. The molecule has 1 aliphatic heterocycles. The molecular formula is C13H14N2O2. The molecule has 2 aromatic rings. The number of rotatable bonds is 2. The Morgan fingerprint density at radius 1 is 1.29 bits per heavy atom. The minimum Gasteiger partial charge on any atom is -0.497 e. The highest BCUT2D eigenvalue weighted by Gasteiger charge is 2.15. The van der Waals surface area contributed by atoms with Gasteiger partial charge in [0.15, 0.2) is 0 Å². The van der Waals surface area contributed by atoms with Crippen LogP contribution >= 0.6 is 0 Å². The van der Waals surface area contributed by atoms with E-state index in [2.05, 4.69) is 21.7 Å². The smallest absolute Gasteiger partial charge is 0.135 e. The molecule has 0 saturated carbocycles. The van der Waals surface area contributed by atoms with E-state index in [9.17, 15) is 0 Å². The molecule has 1 aliphatic rings. The molecule has 0 spiro atoms. The van der Waals surface area contributed by atoms with Crippen molar-refractivity contribution in [2.24, 2.45) is 0 Å². The van der Waals surface area contributed by atoms with Gasteiger partial charge in [0, 0.05) is 12.1 Å². The summed E-state index contributed by atoms with van der Waals surface area (Å²) in [4.78, 5) is 4.38. The molecule has 0 aliphatic carbocycles. The molecule has 0 unspecified atom stereocenters.